The normalized spacial score (nSPS) is 13.6. The first-order valence-corrected chi connectivity index (χ1v) is 7.20. The Morgan fingerprint density at radius 1 is 1.17 bits per heavy atom. The molecule has 0 saturated heterocycles. The van der Waals surface area contributed by atoms with Crippen molar-refractivity contribution >= 4 is 0 Å². The largest absolute Gasteiger partial charge is 0.316 e. The van der Waals surface area contributed by atoms with Gasteiger partial charge >= 0.3 is 0 Å². The molecule has 0 aromatic heterocycles. The quantitative estimate of drug-likeness (QED) is 0.743. The van der Waals surface area contributed by atoms with Crippen LogP contribution in [0.4, 0.5) is 0 Å². The fourth-order valence-electron chi connectivity index (χ4n) is 2.24. The van der Waals surface area contributed by atoms with Crippen molar-refractivity contribution in [1.29, 1.82) is 0 Å². The van der Waals surface area contributed by atoms with Gasteiger partial charge in [-0.1, -0.05) is 52.0 Å². The van der Waals surface area contributed by atoms with E-state index in [9.17, 15) is 0 Å². The lowest BCUT2D eigenvalue weighted by Gasteiger charge is -2.31. The first-order valence-electron chi connectivity index (χ1n) is 7.20. The monoisotopic (exact) mass is 247 g/mol. The highest BCUT2D eigenvalue weighted by Crippen LogP contribution is 2.29. The SMILES string of the molecule is CCCNCC(Cc1ccccc1C)C(C)(C)C. The zero-order valence-corrected chi connectivity index (χ0v) is 12.7. The fraction of sp³-hybridized carbons (Fsp3) is 0.647. The summed E-state index contributed by atoms with van der Waals surface area (Å²) in [4.78, 5) is 0. The minimum Gasteiger partial charge on any atom is -0.316 e. The molecule has 0 aliphatic heterocycles. The zero-order chi connectivity index (χ0) is 13.6. The van der Waals surface area contributed by atoms with E-state index in [0.717, 1.165) is 13.1 Å². The van der Waals surface area contributed by atoms with Gasteiger partial charge in [-0.3, -0.25) is 0 Å². The van der Waals surface area contributed by atoms with E-state index in [4.69, 9.17) is 0 Å². The van der Waals surface area contributed by atoms with Gasteiger partial charge in [-0.2, -0.15) is 0 Å². The first-order chi connectivity index (χ1) is 8.45. The summed E-state index contributed by atoms with van der Waals surface area (Å²) in [6.07, 6.45) is 2.38. The molecular weight excluding hydrogens is 218 g/mol. The van der Waals surface area contributed by atoms with Crippen LogP contribution in [-0.4, -0.2) is 13.1 Å². The van der Waals surface area contributed by atoms with E-state index in [0.29, 0.717) is 11.3 Å². The average molecular weight is 247 g/mol. The average Bonchev–Trinajstić information content (AvgIpc) is 2.29. The Balaban J connectivity index is 2.70. The van der Waals surface area contributed by atoms with Crippen LogP contribution in [0.1, 0.15) is 45.2 Å². The molecule has 1 rings (SSSR count). The molecule has 1 nitrogen and oxygen atoms in total. The molecule has 1 aromatic carbocycles. The van der Waals surface area contributed by atoms with Crippen molar-refractivity contribution in [2.24, 2.45) is 11.3 Å². The molecule has 0 radical (unpaired) electrons. The van der Waals surface area contributed by atoms with Crippen LogP contribution in [-0.2, 0) is 6.42 Å². The third kappa shape index (κ3) is 4.81. The molecule has 102 valence electrons. The summed E-state index contributed by atoms with van der Waals surface area (Å²) in [6, 6.07) is 8.77. The van der Waals surface area contributed by atoms with Gasteiger partial charge in [0.2, 0.25) is 0 Å². The van der Waals surface area contributed by atoms with Crippen LogP contribution in [0.3, 0.4) is 0 Å². The van der Waals surface area contributed by atoms with E-state index < -0.39 is 0 Å². The van der Waals surface area contributed by atoms with Crippen LogP contribution in [0.15, 0.2) is 24.3 Å². The summed E-state index contributed by atoms with van der Waals surface area (Å²) in [6.45, 7) is 13.7. The number of aryl methyl sites for hydroxylation is 1. The molecular formula is C17H29N. The third-order valence-electron chi connectivity index (χ3n) is 3.77. The summed E-state index contributed by atoms with van der Waals surface area (Å²) >= 11 is 0. The number of hydrogen-bond acceptors (Lipinski definition) is 1. The molecule has 1 N–H and O–H groups in total. The highest BCUT2D eigenvalue weighted by molar-refractivity contribution is 5.26. The second kappa shape index (κ2) is 6.94. The Bertz CT molecular complexity index is 349. The lowest BCUT2D eigenvalue weighted by molar-refractivity contribution is 0.231. The van der Waals surface area contributed by atoms with E-state index >= 15 is 0 Å². The van der Waals surface area contributed by atoms with Gasteiger partial charge in [0.05, 0.1) is 0 Å². The topological polar surface area (TPSA) is 12.0 Å². The van der Waals surface area contributed by atoms with Gasteiger partial charge in [-0.25, -0.2) is 0 Å². The highest BCUT2D eigenvalue weighted by atomic mass is 14.9. The maximum atomic E-state index is 3.58. The predicted molar refractivity (Wildman–Crippen MR) is 81.0 cm³/mol. The molecule has 0 amide bonds. The summed E-state index contributed by atoms with van der Waals surface area (Å²) in [5.74, 6) is 0.685. The zero-order valence-electron chi connectivity index (χ0n) is 12.7. The Hall–Kier alpha value is -0.820. The molecule has 1 atom stereocenters. The van der Waals surface area contributed by atoms with Crippen molar-refractivity contribution in [1.82, 2.24) is 5.32 Å². The Kier molecular flexibility index (Phi) is 5.87. The van der Waals surface area contributed by atoms with Crippen LogP contribution in [0.2, 0.25) is 0 Å². The van der Waals surface area contributed by atoms with Crippen molar-refractivity contribution in [2.45, 2.75) is 47.5 Å². The first kappa shape index (κ1) is 15.2. The number of nitrogens with one attached hydrogen (secondary N) is 1. The minimum atomic E-state index is 0.350. The third-order valence-corrected chi connectivity index (χ3v) is 3.77. The van der Waals surface area contributed by atoms with E-state index in [-0.39, 0.29) is 0 Å². The number of rotatable bonds is 6. The molecule has 0 aliphatic carbocycles. The molecule has 1 aromatic rings. The molecule has 0 spiro atoms. The highest BCUT2D eigenvalue weighted by Gasteiger charge is 2.24. The standard InChI is InChI=1S/C17H29N/c1-6-11-18-13-16(17(3,4)5)12-15-10-8-7-9-14(15)2/h7-10,16,18H,6,11-13H2,1-5H3. The van der Waals surface area contributed by atoms with E-state index in [1.165, 1.54) is 24.0 Å². The maximum absolute atomic E-state index is 3.58. The number of benzene rings is 1. The molecule has 1 heteroatoms. The minimum absolute atomic E-state index is 0.350. The van der Waals surface area contributed by atoms with Gasteiger partial charge in [0.25, 0.3) is 0 Å². The predicted octanol–water partition coefficient (Wildman–Crippen LogP) is 4.20. The van der Waals surface area contributed by atoms with Crippen molar-refractivity contribution in [2.75, 3.05) is 13.1 Å². The van der Waals surface area contributed by atoms with Crippen molar-refractivity contribution in [3.63, 3.8) is 0 Å². The molecule has 0 bridgehead atoms. The van der Waals surface area contributed by atoms with E-state index in [1.807, 2.05) is 0 Å². The number of hydrogen-bond donors (Lipinski definition) is 1. The smallest absolute Gasteiger partial charge is 0.00123 e. The summed E-state index contributed by atoms with van der Waals surface area (Å²) < 4.78 is 0. The maximum Gasteiger partial charge on any atom is -0.00123 e. The Morgan fingerprint density at radius 3 is 2.39 bits per heavy atom. The van der Waals surface area contributed by atoms with Crippen LogP contribution in [0, 0.1) is 18.3 Å². The second-order valence-electron chi connectivity index (χ2n) is 6.40. The molecule has 0 heterocycles. The van der Waals surface area contributed by atoms with E-state index in [1.54, 1.807) is 0 Å². The lowest BCUT2D eigenvalue weighted by atomic mass is 9.76. The van der Waals surface area contributed by atoms with Gasteiger partial charge in [0.1, 0.15) is 0 Å². The Labute approximate surface area is 113 Å². The van der Waals surface area contributed by atoms with Crippen molar-refractivity contribution < 1.29 is 0 Å². The molecule has 0 fully saturated rings. The molecule has 0 saturated carbocycles. The lowest BCUT2D eigenvalue weighted by Crippen LogP contribution is -2.33. The molecule has 18 heavy (non-hydrogen) atoms. The van der Waals surface area contributed by atoms with Crippen LogP contribution >= 0.6 is 0 Å². The Morgan fingerprint density at radius 2 is 1.83 bits per heavy atom. The van der Waals surface area contributed by atoms with Crippen molar-refractivity contribution in [3.8, 4) is 0 Å². The molecule has 1 unspecified atom stereocenters. The van der Waals surface area contributed by atoms with Crippen LogP contribution in [0.25, 0.3) is 0 Å². The van der Waals surface area contributed by atoms with Crippen LogP contribution in [0.5, 0.6) is 0 Å². The summed E-state index contributed by atoms with van der Waals surface area (Å²) in [7, 11) is 0. The molecule has 0 aliphatic rings. The van der Waals surface area contributed by atoms with Gasteiger partial charge in [0.15, 0.2) is 0 Å². The fourth-order valence-corrected chi connectivity index (χ4v) is 2.24. The summed E-state index contributed by atoms with van der Waals surface area (Å²) in [5, 5.41) is 3.58. The van der Waals surface area contributed by atoms with Gasteiger partial charge in [-0.15, -0.1) is 0 Å². The van der Waals surface area contributed by atoms with Gasteiger partial charge < -0.3 is 5.32 Å². The van der Waals surface area contributed by atoms with Gasteiger partial charge in [-0.05, 0) is 55.3 Å². The van der Waals surface area contributed by atoms with Crippen LogP contribution < -0.4 is 5.32 Å². The second-order valence-corrected chi connectivity index (χ2v) is 6.40. The summed E-state index contributed by atoms with van der Waals surface area (Å²) in [5.41, 5.74) is 3.27. The van der Waals surface area contributed by atoms with E-state index in [2.05, 4.69) is 64.2 Å². The van der Waals surface area contributed by atoms with Crippen molar-refractivity contribution in [3.05, 3.63) is 35.4 Å². The van der Waals surface area contributed by atoms with Gasteiger partial charge in [0, 0.05) is 0 Å².